The number of carbonyl (C=O) groups excluding carboxylic acids is 1. The molecular weight excluding hydrogens is 399 g/mol. The lowest BCUT2D eigenvalue weighted by Gasteiger charge is -2.14. The fourth-order valence-corrected chi connectivity index (χ4v) is 2.98. The molecule has 3 rings (SSSR count). The predicted molar refractivity (Wildman–Crippen MR) is 101 cm³/mol. The van der Waals surface area contributed by atoms with E-state index in [9.17, 15) is 9.18 Å². The van der Waals surface area contributed by atoms with Crippen molar-refractivity contribution in [2.24, 2.45) is 0 Å². The first-order valence-corrected chi connectivity index (χ1v) is 9.06. The number of rotatable bonds is 6. The number of carbonyl (C=O) groups is 1. The molecular formula is C20H18BrFN2O2. The molecule has 0 bridgehead atoms. The van der Waals surface area contributed by atoms with Crippen molar-refractivity contribution in [2.45, 2.75) is 25.8 Å². The molecule has 0 radical (unpaired) electrons. The van der Waals surface area contributed by atoms with Crippen molar-refractivity contribution >= 4 is 21.8 Å². The maximum atomic E-state index is 13.0. The van der Waals surface area contributed by atoms with E-state index in [-0.39, 0.29) is 24.2 Å². The van der Waals surface area contributed by atoms with Gasteiger partial charge < -0.3 is 9.73 Å². The summed E-state index contributed by atoms with van der Waals surface area (Å²) in [4.78, 5) is 16.4. The first-order valence-electron chi connectivity index (χ1n) is 8.27. The molecule has 2 aromatic carbocycles. The molecule has 1 atom stereocenters. The fourth-order valence-electron chi connectivity index (χ4n) is 2.57. The van der Waals surface area contributed by atoms with Crippen LogP contribution in [0, 0.1) is 5.82 Å². The Hall–Kier alpha value is -2.47. The smallest absolute Gasteiger partial charge is 0.220 e. The van der Waals surface area contributed by atoms with Crippen LogP contribution in [0.2, 0.25) is 0 Å². The summed E-state index contributed by atoms with van der Waals surface area (Å²) in [7, 11) is 0. The molecule has 1 heterocycles. The van der Waals surface area contributed by atoms with Gasteiger partial charge in [0.15, 0.2) is 11.7 Å². The van der Waals surface area contributed by atoms with Crippen LogP contribution in [0.25, 0.3) is 11.3 Å². The van der Waals surface area contributed by atoms with Crippen molar-refractivity contribution in [3.8, 4) is 11.3 Å². The summed E-state index contributed by atoms with van der Waals surface area (Å²) >= 11 is 3.43. The van der Waals surface area contributed by atoms with E-state index in [4.69, 9.17) is 4.42 Å². The van der Waals surface area contributed by atoms with Gasteiger partial charge in [-0.15, -0.1) is 0 Å². The SMILES string of the molecule is CC(NC(=O)CCc1ncc(-c2ccc(F)cc2)o1)c1cccc(Br)c1. The number of aromatic nitrogens is 1. The predicted octanol–water partition coefficient (Wildman–Crippen LogP) is 5.05. The Morgan fingerprint density at radius 2 is 2.04 bits per heavy atom. The number of hydrogen-bond acceptors (Lipinski definition) is 3. The number of amides is 1. The number of aryl methyl sites for hydroxylation is 1. The lowest BCUT2D eigenvalue weighted by Crippen LogP contribution is -2.26. The Morgan fingerprint density at radius 3 is 2.77 bits per heavy atom. The normalized spacial score (nSPS) is 12.0. The molecule has 0 spiro atoms. The first kappa shape index (κ1) is 18.3. The van der Waals surface area contributed by atoms with E-state index in [2.05, 4.69) is 26.2 Å². The second kappa shape index (κ2) is 8.27. The van der Waals surface area contributed by atoms with Crippen LogP contribution in [0.1, 0.15) is 30.8 Å². The van der Waals surface area contributed by atoms with Crippen LogP contribution in [-0.2, 0) is 11.2 Å². The average molecular weight is 417 g/mol. The van der Waals surface area contributed by atoms with Crippen molar-refractivity contribution < 1.29 is 13.6 Å². The Balaban J connectivity index is 1.54. The molecule has 0 saturated carbocycles. The molecule has 26 heavy (non-hydrogen) atoms. The number of nitrogens with one attached hydrogen (secondary N) is 1. The maximum Gasteiger partial charge on any atom is 0.220 e. The van der Waals surface area contributed by atoms with Gasteiger partial charge in [-0.2, -0.15) is 0 Å². The number of nitrogens with zero attached hydrogens (tertiary/aromatic N) is 1. The lowest BCUT2D eigenvalue weighted by atomic mass is 10.1. The average Bonchev–Trinajstić information content (AvgIpc) is 3.09. The van der Waals surface area contributed by atoms with Gasteiger partial charge in [-0.3, -0.25) is 4.79 Å². The third-order valence-corrected chi connectivity index (χ3v) is 4.47. The highest BCUT2D eigenvalue weighted by Gasteiger charge is 2.12. The van der Waals surface area contributed by atoms with E-state index in [1.807, 2.05) is 31.2 Å². The van der Waals surface area contributed by atoms with Crippen molar-refractivity contribution in [2.75, 3.05) is 0 Å². The van der Waals surface area contributed by atoms with E-state index in [0.29, 0.717) is 18.1 Å². The zero-order valence-electron chi connectivity index (χ0n) is 14.2. The standard InChI is InChI=1S/C20H18BrFN2O2/c1-13(15-3-2-4-16(21)11-15)24-19(25)9-10-20-23-12-18(26-20)14-5-7-17(22)8-6-14/h2-8,11-13H,9-10H2,1H3,(H,24,25). The second-order valence-corrected chi connectivity index (χ2v) is 6.89. The Bertz CT molecular complexity index is 893. The van der Waals surface area contributed by atoms with Crippen LogP contribution in [0.3, 0.4) is 0 Å². The van der Waals surface area contributed by atoms with Crippen LogP contribution in [0.15, 0.2) is 63.6 Å². The molecule has 0 aliphatic carbocycles. The van der Waals surface area contributed by atoms with Crippen molar-refractivity contribution in [3.63, 3.8) is 0 Å². The van der Waals surface area contributed by atoms with Crippen molar-refractivity contribution in [1.29, 1.82) is 0 Å². The Kier molecular flexibility index (Phi) is 5.83. The molecule has 134 valence electrons. The number of benzene rings is 2. The molecule has 6 heteroatoms. The lowest BCUT2D eigenvalue weighted by molar-refractivity contribution is -0.121. The summed E-state index contributed by atoms with van der Waals surface area (Å²) in [6, 6.07) is 13.7. The zero-order valence-corrected chi connectivity index (χ0v) is 15.8. The van der Waals surface area contributed by atoms with Gasteiger partial charge in [-0.25, -0.2) is 9.37 Å². The molecule has 1 aromatic heterocycles. The minimum Gasteiger partial charge on any atom is -0.441 e. The van der Waals surface area contributed by atoms with Gasteiger partial charge in [0.05, 0.1) is 12.2 Å². The highest BCUT2D eigenvalue weighted by Crippen LogP contribution is 2.21. The minimum absolute atomic E-state index is 0.0704. The van der Waals surface area contributed by atoms with E-state index in [0.717, 1.165) is 15.6 Å². The van der Waals surface area contributed by atoms with E-state index in [1.54, 1.807) is 18.3 Å². The van der Waals surface area contributed by atoms with Gasteiger partial charge in [-0.1, -0.05) is 28.1 Å². The van der Waals surface area contributed by atoms with Gasteiger partial charge in [0, 0.05) is 22.9 Å². The van der Waals surface area contributed by atoms with Crippen LogP contribution >= 0.6 is 15.9 Å². The maximum absolute atomic E-state index is 13.0. The first-order chi connectivity index (χ1) is 12.5. The quantitative estimate of drug-likeness (QED) is 0.611. The third kappa shape index (κ3) is 4.79. The van der Waals surface area contributed by atoms with Crippen LogP contribution < -0.4 is 5.32 Å². The molecule has 4 nitrogen and oxygen atoms in total. The summed E-state index contributed by atoms with van der Waals surface area (Å²) in [6.07, 6.45) is 2.27. The van der Waals surface area contributed by atoms with Crippen LogP contribution in [0.4, 0.5) is 4.39 Å². The molecule has 1 N–H and O–H groups in total. The summed E-state index contributed by atoms with van der Waals surface area (Å²) in [5.74, 6) is 0.668. The molecule has 1 amide bonds. The van der Waals surface area contributed by atoms with Crippen molar-refractivity contribution in [3.05, 3.63) is 76.5 Å². The van der Waals surface area contributed by atoms with Gasteiger partial charge in [0.1, 0.15) is 5.82 Å². The number of halogens is 2. The molecule has 0 fully saturated rings. The number of hydrogen-bond donors (Lipinski definition) is 1. The number of oxazole rings is 1. The van der Waals surface area contributed by atoms with Crippen LogP contribution in [-0.4, -0.2) is 10.9 Å². The van der Waals surface area contributed by atoms with E-state index >= 15 is 0 Å². The summed E-state index contributed by atoms with van der Waals surface area (Å²) < 4.78 is 19.6. The molecule has 0 aliphatic heterocycles. The molecule has 1 unspecified atom stereocenters. The van der Waals surface area contributed by atoms with Gasteiger partial charge in [0.2, 0.25) is 5.91 Å². The third-order valence-electron chi connectivity index (χ3n) is 3.97. The van der Waals surface area contributed by atoms with Gasteiger partial charge in [0.25, 0.3) is 0 Å². The molecule has 0 saturated heterocycles. The van der Waals surface area contributed by atoms with Crippen LogP contribution in [0.5, 0.6) is 0 Å². The van der Waals surface area contributed by atoms with Gasteiger partial charge >= 0.3 is 0 Å². The highest BCUT2D eigenvalue weighted by molar-refractivity contribution is 9.10. The molecule has 3 aromatic rings. The second-order valence-electron chi connectivity index (χ2n) is 5.97. The largest absolute Gasteiger partial charge is 0.441 e. The highest BCUT2D eigenvalue weighted by atomic mass is 79.9. The molecule has 0 aliphatic rings. The summed E-state index contributed by atoms with van der Waals surface area (Å²) in [5, 5.41) is 2.97. The van der Waals surface area contributed by atoms with E-state index in [1.165, 1.54) is 12.1 Å². The zero-order chi connectivity index (χ0) is 18.5. The Labute approximate surface area is 159 Å². The fraction of sp³-hybridized carbons (Fsp3) is 0.200. The minimum atomic E-state index is -0.301. The topological polar surface area (TPSA) is 55.1 Å². The summed E-state index contributed by atoms with van der Waals surface area (Å²) in [5.41, 5.74) is 1.78. The monoisotopic (exact) mass is 416 g/mol. The Morgan fingerprint density at radius 1 is 1.27 bits per heavy atom. The van der Waals surface area contributed by atoms with Crippen molar-refractivity contribution in [1.82, 2.24) is 10.3 Å². The van der Waals surface area contributed by atoms with E-state index < -0.39 is 0 Å². The summed E-state index contributed by atoms with van der Waals surface area (Å²) in [6.45, 7) is 1.94. The van der Waals surface area contributed by atoms with Gasteiger partial charge in [-0.05, 0) is 48.9 Å².